The van der Waals surface area contributed by atoms with Gasteiger partial charge in [0.1, 0.15) is 0 Å². The van der Waals surface area contributed by atoms with Gasteiger partial charge in [0.2, 0.25) is 0 Å². The molecule has 3 heteroatoms. The van der Waals surface area contributed by atoms with Crippen molar-refractivity contribution >= 4 is 22.3 Å². The Morgan fingerprint density at radius 1 is 1.24 bits per heavy atom. The van der Waals surface area contributed by atoms with Crippen molar-refractivity contribution in [3.05, 3.63) is 30.0 Å². The first-order chi connectivity index (χ1) is 7.99. The quantitative estimate of drug-likeness (QED) is 0.805. The van der Waals surface area contributed by atoms with Gasteiger partial charge in [-0.05, 0) is 45.0 Å². The number of rotatable bonds is 2. The van der Waals surface area contributed by atoms with Crippen LogP contribution in [0.1, 0.15) is 19.5 Å². The van der Waals surface area contributed by atoms with Crippen LogP contribution in [0.15, 0.2) is 24.3 Å². The number of nitrogens with two attached hydrogens (primary N) is 1. The summed E-state index contributed by atoms with van der Waals surface area (Å²) in [6.07, 6.45) is 0. The number of anilines is 2. The Labute approximate surface area is 102 Å². The zero-order valence-corrected chi connectivity index (χ0v) is 10.9. The average Bonchev–Trinajstić information content (AvgIpc) is 2.27. The van der Waals surface area contributed by atoms with E-state index in [2.05, 4.69) is 36.8 Å². The van der Waals surface area contributed by atoms with Gasteiger partial charge in [-0.2, -0.15) is 0 Å². The molecular weight excluding hydrogens is 210 g/mol. The van der Waals surface area contributed by atoms with Gasteiger partial charge >= 0.3 is 0 Å². The lowest BCUT2D eigenvalue weighted by Gasteiger charge is -2.25. The van der Waals surface area contributed by atoms with Crippen molar-refractivity contribution in [2.24, 2.45) is 0 Å². The van der Waals surface area contributed by atoms with Crippen molar-refractivity contribution in [1.29, 1.82) is 0 Å². The number of fused-ring (bicyclic) bond motifs is 1. The van der Waals surface area contributed by atoms with Gasteiger partial charge in [0.05, 0.1) is 5.52 Å². The van der Waals surface area contributed by atoms with E-state index in [1.165, 1.54) is 5.69 Å². The molecule has 0 spiro atoms. The Morgan fingerprint density at radius 2 is 1.94 bits per heavy atom. The number of nitrogen functional groups attached to an aromatic ring is 1. The van der Waals surface area contributed by atoms with Crippen LogP contribution in [-0.4, -0.2) is 18.1 Å². The third-order valence-corrected chi connectivity index (χ3v) is 3.09. The van der Waals surface area contributed by atoms with Crippen molar-refractivity contribution < 1.29 is 0 Å². The lowest BCUT2D eigenvalue weighted by molar-refractivity contribution is 0.756. The van der Waals surface area contributed by atoms with Crippen LogP contribution < -0.4 is 10.6 Å². The van der Waals surface area contributed by atoms with Crippen LogP contribution >= 0.6 is 0 Å². The molecule has 1 heterocycles. The molecule has 2 aromatic rings. The SMILES string of the molecule is Cc1cc(N(C)C(C)C)c2cc(N)ccc2n1. The second-order valence-electron chi connectivity index (χ2n) is 4.76. The summed E-state index contributed by atoms with van der Waals surface area (Å²) in [5.74, 6) is 0. The van der Waals surface area contributed by atoms with Crippen LogP contribution in [0.5, 0.6) is 0 Å². The van der Waals surface area contributed by atoms with Crippen LogP contribution in [0.2, 0.25) is 0 Å². The maximum Gasteiger partial charge on any atom is 0.0727 e. The summed E-state index contributed by atoms with van der Waals surface area (Å²) < 4.78 is 0. The second-order valence-corrected chi connectivity index (χ2v) is 4.76. The van der Waals surface area contributed by atoms with E-state index in [4.69, 9.17) is 5.73 Å². The highest BCUT2D eigenvalue weighted by molar-refractivity contribution is 5.94. The summed E-state index contributed by atoms with van der Waals surface area (Å²) in [5.41, 5.74) is 9.86. The van der Waals surface area contributed by atoms with Crippen molar-refractivity contribution in [2.45, 2.75) is 26.8 Å². The fourth-order valence-electron chi connectivity index (χ4n) is 1.92. The first-order valence-electron chi connectivity index (χ1n) is 5.88. The Kier molecular flexibility index (Phi) is 2.92. The minimum atomic E-state index is 0.446. The standard InChI is InChI=1S/C14H19N3/c1-9(2)17(4)14-7-10(3)16-13-6-5-11(15)8-12(13)14/h5-9H,15H2,1-4H3. The van der Waals surface area contributed by atoms with E-state index in [1.54, 1.807) is 0 Å². The number of aromatic nitrogens is 1. The molecule has 0 amide bonds. The van der Waals surface area contributed by atoms with Crippen LogP contribution in [0, 0.1) is 6.92 Å². The lowest BCUT2D eigenvalue weighted by atomic mass is 10.1. The molecule has 90 valence electrons. The van der Waals surface area contributed by atoms with E-state index in [0.29, 0.717) is 6.04 Å². The molecule has 0 aliphatic carbocycles. The summed E-state index contributed by atoms with van der Waals surface area (Å²) in [6, 6.07) is 8.43. The maximum absolute atomic E-state index is 5.86. The molecule has 0 saturated heterocycles. The molecule has 1 aromatic heterocycles. The fourth-order valence-corrected chi connectivity index (χ4v) is 1.92. The molecule has 0 bridgehead atoms. The van der Waals surface area contributed by atoms with E-state index in [0.717, 1.165) is 22.3 Å². The monoisotopic (exact) mass is 229 g/mol. The van der Waals surface area contributed by atoms with Gasteiger partial charge in [-0.25, -0.2) is 0 Å². The average molecular weight is 229 g/mol. The normalized spacial score (nSPS) is 11.1. The summed E-state index contributed by atoms with van der Waals surface area (Å²) in [6.45, 7) is 6.37. The molecule has 0 atom stereocenters. The van der Waals surface area contributed by atoms with E-state index >= 15 is 0 Å². The minimum Gasteiger partial charge on any atom is -0.399 e. The highest BCUT2D eigenvalue weighted by atomic mass is 15.1. The number of pyridine rings is 1. The van der Waals surface area contributed by atoms with Crippen molar-refractivity contribution in [1.82, 2.24) is 4.98 Å². The first kappa shape index (κ1) is 11.7. The summed E-state index contributed by atoms with van der Waals surface area (Å²) in [4.78, 5) is 6.78. The highest BCUT2D eigenvalue weighted by Crippen LogP contribution is 2.28. The Morgan fingerprint density at radius 3 is 2.59 bits per heavy atom. The first-order valence-corrected chi connectivity index (χ1v) is 5.88. The molecule has 2 rings (SSSR count). The molecule has 2 N–H and O–H groups in total. The van der Waals surface area contributed by atoms with Crippen molar-refractivity contribution in [3.63, 3.8) is 0 Å². The third-order valence-electron chi connectivity index (χ3n) is 3.09. The largest absolute Gasteiger partial charge is 0.399 e. The predicted molar refractivity (Wildman–Crippen MR) is 74.4 cm³/mol. The zero-order chi connectivity index (χ0) is 12.6. The number of benzene rings is 1. The van der Waals surface area contributed by atoms with Gasteiger partial charge in [0, 0.05) is 35.5 Å². The lowest BCUT2D eigenvalue weighted by Crippen LogP contribution is -2.26. The van der Waals surface area contributed by atoms with Crippen LogP contribution in [0.25, 0.3) is 10.9 Å². The van der Waals surface area contributed by atoms with Gasteiger partial charge in [-0.3, -0.25) is 4.98 Å². The molecule has 0 fully saturated rings. The predicted octanol–water partition coefficient (Wildman–Crippen LogP) is 2.97. The zero-order valence-electron chi connectivity index (χ0n) is 10.9. The van der Waals surface area contributed by atoms with Gasteiger partial charge in [-0.15, -0.1) is 0 Å². The van der Waals surface area contributed by atoms with Crippen LogP contribution in [0.4, 0.5) is 11.4 Å². The van der Waals surface area contributed by atoms with Gasteiger partial charge in [0.25, 0.3) is 0 Å². The van der Waals surface area contributed by atoms with E-state index < -0.39 is 0 Å². The van der Waals surface area contributed by atoms with Crippen molar-refractivity contribution in [3.8, 4) is 0 Å². The van der Waals surface area contributed by atoms with Gasteiger partial charge in [0.15, 0.2) is 0 Å². The molecule has 1 aromatic carbocycles. The number of hydrogen-bond acceptors (Lipinski definition) is 3. The molecule has 0 unspecified atom stereocenters. The van der Waals surface area contributed by atoms with Crippen LogP contribution in [-0.2, 0) is 0 Å². The molecule has 0 radical (unpaired) electrons. The molecule has 0 aliphatic heterocycles. The number of hydrogen-bond donors (Lipinski definition) is 1. The van der Waals surface area contributed by atoms with Crippen molar-refractivity contribution in [2.75, 3.05) is 17.7 Å². The molecule has 0 aliphatic rings. The van der Waals surface area contributed by atoms with Gasteiger partial charge in [-0.1, -0.05) is 0 Å². The number of aryl methyl sites for hydroxylation is 1. The fraction of sp³-hybridized carbons (Fsp3) is 0.357. The van der Waals surface area contributed by atoms with E-state index in [-0.39, 0.29) is 0 Å². The molecular formula is C14H19N3. The Bertz CT molecular complexity index is 546. The van der Waals surface area contributed by atoms with Gasteiger partial charge < -0.3 is 10.6 Å². The Balaban J connectivity index is 2.71. The second kappa shape index (κ2) is 4.24. The summed E-state index contributed by atoms with van der Waals surface area (Å²) >= 11 is 0. The van der Waals surface area contributed by atoms with E-state index in [9.17, 15) is 0 Å². The highest BCUT2D eigenvalue weighted by Gasteiger charge is 2.11. The molecule has 17 heavy (non-hydrogen) atoms. The maximum atomic E-state index is 5.86. The summed E-state index contributed by atoms with van der Waals surface area (Å²) in [7, 11) is 2.10. The summed E-state index contributed by atoms with van der Waals surface area (Å²) in [5, 5.41) is 1.12. The third kappa shape index (κ3) is 2.18. The molecule has 0 saturated carbocycles. The van der Waals surface area contributed by atoms with Crippen LogP contribution in [0.3, 0.4) is 0 Å². The molecule has 3 nitrogen and oxygen atoms in total. The van der Waals surface area contributed by atoms with E-state index in [1.807, 2.05) is 25.1 Å². The Hall–Kier alpha value is -1.77. The minimum absolute atomic E-state index is 0.446. The smallest absolute Gasteiger partial charge is 0.0727 e. The topological polar surface area (TPSA) is 42.1 Å². The number of nitrogens with zero attached hydrogens (tertiary/aromatic N) is 2.